The van der Waals surface area contributed by atoms with E-state index in [4.69, 9.17) is 15.2 Å². The molecule has 2 rings (SSSR count). The van der Waals surface area contributed by atoms with Crippen molar-refractivity contribution in [3.05, 3.63) is 29.3 Å². The minimum atomic E-state index is -0.179. The maximum atomic E-state index is 11.3. The molecule has 0 aliphatic heterocycles. The second kappa shape index (κ2) is 6.06. The molecule has 0 aromatic heterocycles. The van der Waals surface area contributed by atoms with Crippen LogP contribution < -0.4 is 10.5 Å². The van der Waals surface area contributed by atoms with E-state index < -0.39 is 0 Å². The fourth-order valence-electron chi connectivity index (χ4n) is 2.79. The summed E-state index contributed by atoms with van der Waals surface area (Å²) < 4.78 is 10.3. The average Bonchev–Trinajstić information content (AvgIpc) is 2.73. The van der Waals surface area contributed by atoms with Crippen LogP contribution in [0.15, 0.2) is 18.2 Å². The Balaban J connectivity index is 2.17. The first-order valence-electron chi connectivity index (χ1n) is 6.74. The van der Waals surface area contributed by atoms with Gasteiger partial charge >= 0.3 is 5.97 Å². The molecule has 2 N–H and O–H groups in total. The molecule has 0 saturated carbocycles. The quantitative estimate of drug-likeness (QED) is 0.825. The summed E-state index contributed by atoms with van der Waals surface area (Å²) in [6.45, 7) is 2.63. The third kappa shape index (κ3) is 2.89. The Bertz CT molecular complexity index is 459. The Labute approximate surface area is 113 Å². The van der Waals surface area contributed by atoms with Gasteiger partial charge in [-0.15, -0.1) is 0 Å². The van der Waals surface area contributed by atoms with Gasteiger partial charge in [-0.25, -0.2) is 0 Å². The Kier molecular flexibility index (Phi) is 4.43. The second-order valence-electron chi connectivity index (χ2n) is 4.85. The number of carbonyl (C=O) groups excluding carboxylic acids is 1. The van der Waals surface area contributed by atoms with Gasteiger partial charge in [0.1, 0.15) is 5.75 Å². The van der Waals surface area contributed by atoms with Gasteiger partial charge in [-0.05, 0) is 37.0 Å². The van der Waals surface area contributed by atoms with E-state index in [1.54, 1.807) is 0 Å². The van der Waals surface area contributed by atoms with Gasteiger partial charge in [0.25, 0.3) is 0 Å². The minimum Gasteiger partial charge on any atom is -0.494 e. The van der Waals surface area contributed by atoms with Crippen molar-refractivity contribution in [1.82, 2.24) is 0 Å². The molecule has 0 radical (unpaired) electrons. The standard InChI is InChI=1S/C15H21NO3/c1-3-19-14-6-4-5-10-11(7-8-15(17)18-2)13(16)9-12(10)14/h4-6,11,13H,3,7-9,16H2,1-2H3. The van der Waals surface area contributed by atoms with Crippen LogP contribution in [-0.2, 0) is 16.0 Å². The molecule has 1 aliphatic carbocycles. The molecule has 104 valence electrons. The van der Waals surface area contributed by atoms with Crippen LogP contribution >= 0.6 is 0 Å². The molecule has 2 atom stereocenters. The molecule has 0 amide bonds. The SMILES string of the molecule is CCOc1cccc2c1CC(N)C2CCC(=O)OC. The minimum absolute atomic E-state index is 0.0567. The van der Waals surface area contributed by atoms with Crippen molar-refractivity contribution >= 4 is 5.97 Å². The molecule has 1 aromatic carbocycles. The topological polar surface area (TPSA) is 61.5 Å². The van der Waals surface area contributed by atoms with Crippen molar-refractivity contribution in [2.45, 2.75) is 38.1 Å². The first kappa shape index (κ1) is 13.9. The van der Waals surface area contributed by atoms with Crippen LogP contribution in [0.2, 0.25) is 0 Å². The second-order valence-corrected chi connectivity index (χ2v) is 4.85. The smallest absolute Gasteiger partial charge is 0.305 e. The summed E-state index contributed by atoms with van der Waals surface area (Å²) in [6, 6.07) is 6.12. The number of fused-ring (bicyclic) bond motifs is 1. The predicted octanol–water partition coefficient (Wildman–Crippen LogP) is 2.01. The number of ether oxygens (including phenoxy) is 2. The molecule has 2 unspecified atom stereocenters. The number of rotatable bonds is 5. The molecule has 0 saturated heterocycles. The summed E-state index contributed by atoms with van der Waals surface area (Å²) in [7, 11) is 1.41. The molecule has 19 heavy (non-hydrogen) atoms. The summed E-state index contributed by atoms with van der Waals surface area (Å²) >= 11 is 0. The molecule has 1 aromatic rings. The van der Waals surface area contributed by atoms with Crippen molar-refractivity contribution < 1.29 is 14.3 Å². The fraction of sp³-hybridized carbons (Fsp3) is 0.533. The van der Waals surface area contributed by atoms with E-state index in [1.165, 1.54) is 18.2 Å². The van der Waals surface area contributed by atoms with Crippen LogP contribution in [0.25, 0.3) is 0 Å². The van der Waals surface area contributed by atoms with Crippen LogP contribution in [0.5, 0.6) is 5.75 Å². The highest BCUT2D eigenvalue weighted by Gasteiger charge is 2.32. The third-order valence-electron chi connectivity index (χ3n) is 3.71. The van der Waals surface area contributed by atoms with Gasteiger partial charge in [-0.3, -0.25) is 4.79 Å². The van der Waals surface area contributed by atoms with Crippen molar-refractivity contribution in [2.24, 2.45) is 5.73 Å². The van der Waals surface area contributed by atoms with Crippen LogP contribution in [0.4, 0.5) is 0 Å². The highest BCUT2D eigenvalue weighted by molar-refractivity contribution is 5.69. The van der Waals surface area contributed by atoms with Gasteiger partial charge in [0.2, 0.25) is 0 Å². The first-order valence-corrected chi connectivity index (χ1v) is 6.74. The molecule has 1 aliphatic rings. The lowest BCUT2D eigenvalue weighted by atomic mass is 9.93. The molecule has 0 spiro atoms. The van der Waals surface area contributed by atoms with E-state index in [1.807, 2.05) is 19.1 Å². The molecule has 4 nitrogen and oxygen atoms in total. The van der Waals surface area contributed by atoms with Gasteiger partial charge < -0.3 is 15.2 Å². The summed E-state index contributed by atoms with van der Waals surface area (Å²) in [4.78, 5) is 11.3. The first-order chi connectivity index (χ1) is 9.17. The molecule has 0 bridgehead atoms. The van der Waals surface area contributed by atoms with Crippen molar-refractivity contribution in [2.75, 3.05) is 13.7 Å². The van der Waals surface area contributed by atoms with E-state index in [-0.39, 0.29) is 17.9 Å². The molecular formula is C15H21NO3. The third-order valence-corrected chi connectivity index (χ3v) is 3.71. The highest BCUT2D eigenvalue weighted by atomic mass is 16.5. The lowest BCUT2D eigenvalue weighted by Crippen LogP contribution is -2.25. The fourth-order valence-corrected chi connectivity index (χ4v) is 2.79. The van der Waals surface area contributed by atoms with E-state index >= 15 is 0 Å². The molecular weight excluding hydrogens is 242 g/mol. The number of methoxy groups -OCH3 is 1. The number of hydrogen-bond donors (Lipinski definition) is 1. The van der Waals surface area contributed by atoms with Crippen molar-refractivity contribution in [3.8, 4) is 5.75 Å². The highest BCUT2D eigenvalue weighted by Crippen LogP contribution is 2.40. The maximum Gasteiger partial charge on any atom is 0.305 e. The monoisotopic (exact) mass is 263 g/mol. The zero-order valence-corrected chi connectivity index (χ0v) is 11.5. The summed E-state index contributed by atoms with van der Waals surface area (Å²) in [5.74, 6) is 0.965. The molecule has 4 heteroatoms. The van der Waals surface area contributed by atoms with E-state index in [0.29, 0.717) is 13.0 Å². The summed E-state index contributed by atoms with van der Waals surface area (Å²) in [5.41, 5.74) is 8.64. The van der Waals surface area contributed by atoms with Gasteiger partial charge in [0.15, 0.2) is 0 Å². The Hall–Kier alpha value is -1.55. The summed E-state index contributed by atoms with van der Waals surface area (Å²) in [5, 5.41) is 0. The number of carbonyl (C=O) groups is 1. The average molecular weight is 263 g/mol. The van der Waals surface area contributed by atoms with E-state index in [0.717, 1.165) is 18.6 Å². The van der Waals surface area contributed by atoms with Gasteiger partial charge in [-0.2, -0.15) is 0 Å². The Morgan fingerprint density at radius 3 is 2.95 bits per heavy atom. The van der Waals surface area contributed by atoms with Crippen LogP contribution in [0, 0.1) is 0 Å². The number of esters is 1. The lowest BCUT2D eigenvalue weighted by molar-refractivity contribution is -0.140. The van der Waals surface area contributed by atoms with Gasteiger partial charge in [0.05, 0.1) is 13.7 Å². The molecule has 0 fully saturated rings. The number of benzene rings is 1. The predicted molar refractivity (Wildman–Crippen MR) is 73.3 cm³/mol. The maximum absolute atomic E-state index is 11.3. The normalized spacial score (nSPS) is 21.0. The number of nitrogens with two attached hydrogens (primary N) is 1. The van der Waals surface area contributed by atoms with Gasteiger partial charge in [-0.1, -0.05) is 12.1 Å². The van der Waals surface area contributed by atoms with Crippen LogP contribution in [0.1, 0.15) is 36.8 Å². The van der Waals surface area contributed by atoms with E-state index in [9.17, 15) is 4.79 Å². The zero-order valence-electron chi connectivity index (χ0n) is 11.5. The van der Waals surface area contributed by atoms with Crippen LogP contribution in [0.3, 0.4) is 0 Å². The molecule has 0 heterocycles. The van der Waals surface area contributed by atoms with Crippen molar-refractivity contribution in [3.63, 3.8) is 0 Å². The summed E-state index contributed by atoms with van der Waals surface area (Å²) in [6.07, 6.45) is 1.96. The largest absolute Gasteiger partial charge is 0.494 e. The number of hydrogen-bond acceptors (Lipinski definition) is 4. The lowest BCUT2D eigenvalue weighted by Gasteiger charge is -2.16. The van der Waals surface area contributed by atoms with E-state index in [2.05, 4.69) is 6.07 Å². The Morgan fingerprint density at radius 1 is 1.47 bits per heavy atom. The Morgan fingerprint density at radius 2 is 2.26 bits per heavy atom. The van der Waals surface area contributed by atoms with Crippen molar-refractivity contribution in [1.29, 1.82) is 0 Å². The zero-order chi connectivity index (χ0) is 13.8. The van der Waals surface area contributed by atoms with Crippen LogP contribution in [-0.4, -0.2) is 25.7 Å². The van der Waals surface area contributed by atoms with Gasteiger partial charge in [0, 0.05) is 18.4 Å².